The van der Waals surface area contributed by atoms with Gasteiger partial charge in [0.2, 0.25) is 0 Å². The van der Waals surface area contributed by atoms with Crippen LogP contribution in [-0.4, -0.2) is 48.6 Å². The van der Waals surface area contributed by atoms with Gasteiger partial charge in [-0.05, 0) is 18.4 Å². The largest absolute Gasteiger partial charge is 0.491 e. The van der Waals surface area contributed by atoms with Gasteiger partial charge < -0.3 is 19.5 Å². The molecule has 1 aliphatic rings. The first-order valence-corrected chi connectivity index (χ1v) is 9.29. The number of rotatable bonds is 6. The van der Waals surface area contributed by atoms with E-state index in [0.717, 1.165) is 36.8 Å². The van der Waals surface area contributed by atoms with Gasteiger partial charge >= 0.3 is 0 Å². The van der Waals surface area contributed by atoms with Crippen molar-refractivity contribution in [1.29, 1.82) is 0 Å². The molecule has 1 saturated heterocycles. The number of piperazine rings is 1. The van der Waals surface area contributed by atoms with Gasteiger partial charge in [0.05, 0.1) is 6.54 Å². The molecule has 1 aliphatic heterocycles. The highest BCUT2D eigenvalue weighted by molar-refractivity contribution is 7.98. The van der Waals surface area contributed by atoms with Crippen molar-refractivity contribution in [2.75, 3.05) is 43.9 Å². The lowest BCUT2D eigenvalue weighted by Crippen LogP contribution is -2.46. The van der Waals surface area contributed by atoms with Crippen LogP contribution in [0.4, 0.5) is 5.82 Å². The minimum atomic E-state index is -0.0545. The number of nitrogens with one attached hydrogen (secondary N) is 1. The summed E-state index contributed by atoms with van der Waals surface area (Å²) in [5, 5.41) is 3.28. The monoisotopic (exact) mass is 346 g/mol. The molecule has 0 bridgehead atoms. The second-order valence-electron chi connectivity index (χ2n) is 5.49. The maximum absolute atomic E-state index is 12.6. The van der Waals surface area contributed by atoms with Crippen molar-refractivity contribution in [3.8, 4) is 5.75 Å². The summed E-state index contributed by atoms with van der Waals surface area (Å²) in [6.45, 7) is 4.33. The number of para-hydroxylation sites is 1. The molecule has 1 aromatic carbocycles. The van der Waals surface area contributed by atoms with Gasteiger partial charge in [0.15, 0.2) is 5.82 Å². The number of hydrogen-bond donors (Lipinski definition) is 1. The Morgan fingerprint density at radius 2 is 2.08 bits per heavy atom. The van der Waals surface area contributed by atoms with Crippen LogP contribution in [0.25, 0.3) is 0 Å². The van der Waals surface area contributed by atoms with E-state index in [2.05, 4.69) is 10.3 Å². The first-order valence-electron chi connectivity index (χ1n) is 8.06. The zero-order chi connectivity index (χ0) is 16.8. The fraction of sp³-hybridized carbons (Fsp3) is 0.412. The summed E-state index contributed by atoms with van der Waals surface area (Å²) >= 11 is 1.65. The van der Waals surface area contributed by atoms with Crippen molar-refractivity contribution in [3.05, 3.63) is 47.0 Å². The minimum absolute atomic E-state index is 0.0545. The molecule has 0 spiro atoms. The summed E-state index contributed by atoms with van der Waals surface area (Å²) in [5.41, 5.74) is -0.0545. The maximum atomic E-state index is 12.6. The molecule has 3 rings (SSSR count). The van der Waals surface area contributed by atoms with Gasteiger partial charge in [-0.25, -0.2) is 4.98 Å². The summed E-state index contributed by atoms with van der Waals surface area (Å²) < 4.78 is 7.52. The molecule has 2 heterocycles. The normalized spacial score (nSPS) is 14.6. The third kappa shape index (κ3) is 3.91. The predicted molar refractivity (Wildman–Crippen MR) is 97.3 cm³/mol. The molecule has 0 aliphatic carbocycles. The van der Waals surface area contributed by atoms with Gasteiger partial charge in [-0.15, -0.1) is 11.8 Å². The number of benzene rings is 1. The molecule has 24 heavy (non-hydrogen) atoms. The van der Waals surface area contributed by atoms with Crippen LogP contribution in [0, 0.1) is 0 Å². The maximum Gasteiger partial charge on any atom is 0.293 e. The molecular formula is C17H22N4O2S. The zero-order valence-electron chi connectivity index (χ0n) is 13.8. The zero-order valence-corrected chi connectivity index (χ0v) is 14.6. The molecule has 0 saturated carbocycles. The lowest BCUT2D eigenvalue weighted by molar-refractivity contribution is 0.290. The molecule has 1 aromatic heterocycles. The Hall–Kier alpha value is -1.99. The topological polar surface area (TPSA) is 59.4 Å². The first kappa shape index (κ1) is 16.9. The smallest absolute Gasteiger partial charge is 0.293 e. The van der Waals surface area contributed by atoms with Gasteiger partial charge in [-0.2, -0.15) is 0 Å². The SMILES string of the molecule is CSc1ccccc1OCCn1ccnc(N2CCNCC2)c1=O. The van der Waals surface area contributed by atoms with Crippen molar-refractivity contribution < 1.29 is 4.74 Å². The highest BCUT2D eigenvalue weighted by atomic mass is 32.2. The van der Waals surface area contributed by atoms with Gasteiger partial charge in [0.25, 0.3) is 5.56 Å². The highest BCUT2D eigenvalue weighted by Crippen LogP contribution is 2.26. The van der Waals surface area contributed by atoms with Crippen LogP contribution >= 0.6 is 11.8 Å². The van der Waals surface area contributed by atoms with Crippen LogP contribution in [0.2, 0.25) is 0 Å². The fourth-order valence-electron chi connectivity index (χ4n) is 2.70. The van der Waals surface area contributed by atoms with E-state index in [1.807, 2.05) is 35.4 Å². The van der Waals surface area contributed by atoms with Crippen LogP contribution in [0.3, 0.4) is 0 Å². The molecular weight excluding hydrogens is 324 g/mol. The molecule has 0 atom stereocenters. The van der Waals surface area contributed by atoms with E-state index >= 15 is 0 Å². The quantitative estimate of drug-likeness (QED) is 0.799. The summed E-state index contributed by atoms with van der Waals surface area (Å²) in [5.74, 6) is 1.39. The number of thioether (sulfide) groups is 1. The Morgan fingerprint density at radius 3 is 2.88 bits per heavy atom. The number of anilines is 1. The van der Waals surface area contributed by atoms with E-state index in [9.17, 15) is 4.79 Å². The van der Waals surface area contributed by atoms with Gasteiger partial charge in [0.1, 0.15) is 12.4 Å². The van der Waals surface area contributed by atoms with E-state index in [4.69, 9.17) is 4.74 Å². The number of ether oxygens (including phenoxy) is 1. The van der Waals surface area contributed by atoms with Crippen molar-refractivity contribution in [2.45, 2.75) is 11.4 Å². The minimum Gasteiger partial charge on any atom is -0.491 e. The fourth-order valence-corrected chi connectivity index (χ4v) is 3.24. The average Bonchev–Trinajstić information content (AvgIpc) is 2.64. The van der Waals surface area contributed by atoms with Gasteiger partial charge in [-0.1, -0.05) is 12.1 Å². The van der Waals surface area contributed by atoms with Crippen molar-refractivity contribution in [2.24, 2.45) is 0 Å². The van der Waals surface area contributed by atoms with Crippen LogP contribution in [-0.2, 0) is 6.54 Å². The molecule has 7 heteroatoms. The van der Waals surface area contributed by atoms with Gasteiger partial charge in [-0.3, -0.25) is 4.79 Å². The van der Waals surface area contributed by atoms with E-state index in [1.54, 1.807) is 28.7 Å². The summed E-state index contributed by atoms with van der Waals surface area (Å²) in [6, 6.07) is 7.93. The van der Waals surface area contributed by atoms with Crippen molar-refractivity contribution >= 4 is 17.6 Å². The van der Waals surface area contributed by atoms with Crippen LogP contribution in [0.15, 0.2) is 46.3 Å². The molecule has 6 nitrogen and oxygen atoms in total. The van der Waals surface area contributed by atoms with E-state index in [-0.39, 0.29) is 5.56 Å². The molecule has 0 unspecified atom stereocenters. The summed E-state index contributed by atoms with van der Waals surface area (Å²) in [7, 11) is 0. The van der Waals surface area contributed by atoms with Crippen LogP contribution < -0.4 is 20.5 Å². The molecule has 1 fully saturated rings. The Labute approximate surface area is 145 Å². The Morgan fingerprint density at radius 1 is 1.29 bits per heavy atom. The molecule has 128 valence electrons. The average molecular weight is 346 g/mol. The van der Waals surface area contributed by atoms with Gasteiger partial charge in [0, 0.05) is 43.5 Å². The molecule has 0 radical (unpaired) electrons. The summed E-state index contributed by atoms with van der Waals surface area (Å²) in [6.07, 6.45) is 5.43. The number of aromatic nitrogens is 2. The van der Waals surface area contributed by atoms with Crippen molar-refractivity contribution in [1.82, 2.24) is 14.9 Å². The predicted octanol–water partition coefficient (Wildman–Crippen LogP) is 1.45. The van der Waals surface area contributed by atoms with E-state index in [1.165, 1.54) is 0 Å². The Balaban J connectivity index is 1.66. The Bertz CT molecular complexity index is 729. The second kappa shape index (κ2) is 8.21. The lowest BCUT2D eigenvalue weighted by Gasteiger charge is -2.27. The van der Waals surface area contributed by atoms with Crippen molar-refractivity contribution in [3.63, 3.8) is 0 Å². The summed E-state index contributed by atoms with van der Waals surface area (Å²) in [4.78, 5) is 20.0. The van der Waals surface area contributed by atoms with Crippen LogP contribution in [0.1, 0.15) is 0 Å². The second-order valence-corrected chi connectivity index (χ2v) is 6.33. The number of nitrogens with zero attached hydrogens (tertiary/aromatic N) is 3. The molecule has 1 N–H and O–H groups in total. The Kier molecular flexibility index (Phi) is 5.77. The lowest BCUT2D eigenvalue weighted by atomic mass is 10.3. The third-order valence-electron chi connectivity index (χ3n) is 3.97. The number of hydrogen-bond acceptors (Lipinski definition) is 6. The highest BCUT2D eigenvalue weighted by Gasteiger charge is 2.16. The van der Waals surface area contributed by atoms with Crippen LogP contribution in [0.5, 0.6) is 5.75 Å². The van der Waals surface area contributed by atoms with E-state index in [0.29, 0.717) is 19.0 Å². The standard InChI is InChI=1S/C17H22N4O2S/c1-24-15-5-3-2-4-14(15)23-13-12-21-11-8-19-16(17(21)22)20-9-6-18-7-10-20/h2-5,8,11,18H,6-7,9-10,12-13H2,1H3. The first-order chi connectivity index (χ1) is 11.8. The third-order valence-corrected chi connectivity index (χ3v) is 4.75. The molecule has 0 amide bonds. The molecule has 2 aromatic rings. The van der Waals surface area contributed by atoms with E-state index < -0.39 is 0 Å².